The van der Waals surface area contributed by atoms with Crippen LogP contribution in [-0.4, -0.2) is 18.5 Å². The SMILES string of the molecule is CNCC#Cc1cc([N+](=O)[O-])c(N)cc1F. The third-order valence-corrected chi connectivity index (χ3v) is 1.80. The molecule has 0 fully saturated rings. The summed E-state index contributed by atoms with van der Waals surface area (Å²) in [6.45, 7) is 0.373. The van der Waals surface area contributed by atoms with Crippen molar-refractivity contribution in [2.75, 3.05) is 19.3 Å². The number of hydrogen-bond donors (Lipinski definition) is 2. The molecule has 5 nitrogen and oxygen atoms in total. The van der Waals surface area contributed by atoms with Gasteiger partial charge in [-0.1, -0.05) is 11.8 Å². The minimum absolute atomic E-state index is 0.0313. The molecule has 0 atom stereocenters. The van der Waals surface area contributed by atoms with E-state index in [9.17, 15) is 14.5 Å². The third kappa shape index (κ3) is 2.68. The molecule has 0 heterocycles. The van der Waals surface area contributed by atoms with Gasteiger partial charge in [0.05, 0.1) is 17.0 Å². The molecule has 0 unspecified atom stereocenters. The molecule has 0 bridgehead atoms. The minimum atomic E-state index is -0.669. The molecular formula is C10H10FN3O2. The van der Waals surface area contributed by atoms with E-state index in [0.29, 0.717) is 6.54 Å². The molecule has 0 saturated carbocycles. The maximum atomic E-state index is 13.3. The highest BCUT2D eigenvalue weighted by molar-refractivity contribution is 5.62. The fourth-order valence-electron chi connectivity index (χ4n) is 1.06. The zero-order chi connectivity index (χ0) is 12.1. The standard InChI is InChI=1S/C10H10FN3O2/c1-13-4-2-3-7-5-10(14(15)16)9(12)6-8(7)11/h5-6,13H,4,12H2,1H3. The number of nitrogens with one attached hydrogen (secondary N) is 1. The molecule has 84 valence electrons. The van der Waals surface area contributed by atoms with Crippen LogP contribution in [-0.2, 0) is 0 Å². The van der Waals surface area contributed by atoms with Gasteiger partial charge in [0.1, 0.15) is 11.5 Å². The van der Waals surface area contributed by atoms with Crippen molar-refractivity contribution in [3.05, 3.63) is 33.6 Å². The van der Waals surface area contributed by atoms with Crippen LogP contribution in [0.1, 0.15) is 5.56 Å². The largest absolute Gasteiger partial charge is 0.393 e. The van der Waals surface area contributed by atoms with E-state index in [0.717, 1.165) is 12.1 Å². The molecule has 0 radical (unpaired) electrons. The lowest BCUT2D eigenvalue weighted by Crippen LogP contribution is -2.04. The van der Waals surface area contributed by atoms with Gasteiger partial charge in [0, 0.05) is 12.1 Å². The molecule has 1 rings (SSSR count). The Bertz CT molecular complexity index is 477. The van der Waals surface area contributed by atoms with Crippen LogP contribution >= 0.6 is 0 Å². The number of nitrogens with zero attached hydrogens (tertiary/aromatic N) is 1. The molecule has 0 aliphatic heterocycles. The lowest BCUT2D eigenvalue weighted by Gasteiger charge is -1.99. The van der Waals surface area contributed by atoms with Gasteiger partial charge >= 0.3 is 0 Å². The van der Waals surface area contributed by atoms with E-state index in [-0.39, 0.29) is 16.9 Å². The van der Waals surface area contributed by atoms with E-state index in [1.54, 1.807) is 7.05 Å². The Morgan fingerprint density at radius 3 is 2.88 bits per heavy atom. The van der Waals surface area contributed by atoms with Crippen LogP contribution < -0.4 is 11.1 Å². The normalized spacial score (nSPS) is 9.38. The van der Waals surface area contributed by atoms with Gasteiger partial charge in [-0.15, -0.1) is 0 Å². The topological polar surface area (TPSA) is 81.2 Å². The number of hydrogen-bond acceptors (Lipinski definition) is 4. The fourth-order valence-corrected chi connectivity index (χ4v) is 1.06. The molecule has 0 aliphatic carbocycles. The number of nitro benzene ring substituents is 1. The van der Waals surface area contributed by atoms with Gasteiger partial charge in [-0.25, -0.2) is 4.39 Å². The zero-order valence-electron chi connectivity index (χ0n) is 8.58. The van der Waals surface area contributed by atoms with Gasteiger partial charge in [-0.3, -0.25) is 10.1 Å². The highest BCUT2D eigenvalue weighted by atomic mass is 19.1. The molecule has 1 aromatic rings. The molecule has 6 heteroatoms. The smallest absolute Gasteiger partial charge is 0.293 e. The number of rotatable bonds is 2. The highest BCUT2D eigenvalue weighted by Gasteiger charge is 2.14. The van der Waals surface area contributed by atoms with Crippen molar-refractivity contribution in [1.29, 1.82) is 0 Å². The van der Waals surface area contributed by atoms with Crippen molar-refractivity contribution in [2.24, 2.45) is 0 Å². The number of nitro groups is 1. The van der Waals surface area contributed by atoms with E-state index in [4.69, 9.17) is 5.73 Å². The fraction of sp³-hybridized carbons (Fsp3) is 0.200. The summed E-state index contributed by atoms with van der Waals surface area (Å²) >= 11 is 0. The Morgan fingerprint density at radius 1 is 1.62 bits per heavy atom. The van der Waals surface area contributed by atoms with Crippen LogP contribution in [0, 0.1) is 27.8 Å². The van der Waals surface area contributed by atoms with Crippen molar-refractivity contribution >= 4 is 11.4 Å². The second-order valence-electron chi connectivity index (χ2n) is 2.98. The maximum absolute atomic E-state index is 13.3. The van der Waals surface area contributed by atoms with Crippen molar-refractivity contribution in [2.45, 2.75) is 0 Å². The Balaban J connectivity index is 3.16. The molecule has 0 saturated heterocycles. The van der Waals surface area contributed by atoms with Gasteiger partial charge in [-0.2, -0.15) is 0 Å². The Morgan fingerprint density at radius 2 is 2.31 bits per heavy atom. The monoisotopic (exact) mass is 223 g/mol. The molecule has 0 spiro atoms. The zero-order valence-corrected chi connectivity index (χ0v) is 8.58. The van der Waals surface area contributed by atoms with Crippen LogP contribution in [0.25, 0.3) is 0 Å². The number of nitrogens with two attached hydrogens (primary N) is 1. The first-order valence-electron chi connectivity index (χ1n) is 4.43. The maximum Gasteiger partial charge on any atom is 0.293 e. The van der Waals surface area contributed by atoms with Crippen molar-refractivity contribution in [1.82, 2.24) is 5.32 Å². The van der Waals surface area contributed by atoms with Gasteiger partial charge < -0.3 is 11.1 Å². The van der Waals surface area contributed by atoms with Crippen LogP contribution in [0.15, 0.2) is 12.1 Å². The van der Waals surface area contributed by atoms with E-state index in [2.05, 4.69) is 17.2 Å². The summed E-state index contributed by atoms with van der Waals surface area (Å²) in [7, 11) is 1.69. The number of benzene rings is 1. The Labute approximate surface area is 91.6 Å². The lowest BCUT2D eigenvalue weighted by molar-refractivity contribution is -0.384. The summed E-state index contributed by atoms with van der Waals surface area (Å²) < 4.78 is 13.3. The molecule has 1 aromatic carbocycles. The van der Waals surface area contributed by atoms with Crippen molar-refractivity contribution in [3.8, 4) is 11.8 Å². The van der Waals surface area contributed by atoms with Crippen LogP contribution in [0.2, 0.25) is 0 Å². The summed E-state index contributed by atoms with van der Waals surface area (Å²) in [5.74, 6) is 4.44. The number of halogens is 1. The van der Waals surface area contributed by atoms with E-state index in [1.807, 2.05) is 0 Å². The molecule has 16 heavy (non-hydrogen) atoms. The number of nitrogen functional groups attached to an aromatic ring is 1. The number of anilines is 1. The molecular weight excluding hydrogens is 213 g/mol. The lowest BCUT2D eigenvalue weighted by atomic mass is 10.1. The molecule has 3 N–H and O–H groups in total. The van der Waals surface area contributed by atoms with Crippen LogP contribution in [0.5, 0.6) is 0 Å². The van der Waals surface area contributed by atoms with E-state index in [1.165, 1.54) is 0 Å². The summed E-state index contributed by atoms with van der Waals surface area (Å²) in [4.78, 5) is 9.89. The third-order valence-electron chi connectivity index (χ3n) is 1.80. The quantitative estimate of drug-likeness (QED) is 0.337. The Kier molecular flexibility index (Phi) is 3.80. The van der Waals surface area contributed by atoms with E-state index < -0.39 is 10.7 Å². The van der Waals surface area contributed by atoms with Gasteiger partial charge in [0.15, 0.2) is 0 Å². The minimum Gasteiger partial charge on any atom is -0.393 e. The van der Waals surface area contributed by atoms with Crippen LogP contribution in [0.4, 0.5) is 15.8 Å². The summed E-state index contributed by atoms with van der Waals surface area (Å²) in [6, 6.07) is 1.94. The average molecular weight is 223 g/mol. The van der Waals surface area contributed by atoms with Crippen LogP contribution in [0.3, 0.4) is 0 Å². The van der Waals surface area contributed by atoms with Gasteiger partial charge in [0.25, 0.3) is 5.69 Å². The molecule has 0 amide bonds. The van der Waals surface area contributed by atoms with Gasteiger partial charge in [-0.05, 0) is 7.05 Å². The predicted molar refractivity (Wildman–Crippen MR) is 58.3 cm³/mol. The van der Waals surface area contributed by atoms with Gasteiger partial charge in [0.2, 0.25) is 0 Å². The molecule has 0 aromatic heterocycles. The summed E-state index contributed by atoms with van der Waals surface area (Å²) in [5.41, 5.74) is 4.73. The summed E-state index contributed by atoms with van der Waals surface area (Å²) in [5, 5.41) is 13.3. The second-order valence-corrected chi connectivity index (χ2v) is 2.98. The summed E-state index contributed by atoms with van der Waals surface area (Å²) in [6.07, 6.45) is 0. The predicted octanol–water partition coefficient (Wildman–Crippen LogP) is 0.887. The first-order valence-corrected chi connectivity index (χ1v) is 4.43. The van der Waals surface area contributed by atoms with Crippen molar-refractivity contribution < 1.29 is 9.31 Å². The van der Waals surface area contributed by atoms with E-state index >= 15 is 0 Å². The second kappa shape index (κ2) is 5.09. The van der Waals surface area contributed by atoms with Crippen molar-refractivity contribution in [3.63, 3.8) is 0 Å². The highest BCUT2D eigenvalue weighted by Crippen LogP contribution is 2.24. The average Bonchev–Trinajstić information content (AvgIpc) is 2.21. The molecule has 0 aliphatic rings. The first kappa shape index (κ1) is 11.9. The first-order chi connectivity index (χ1) is 7.56. The Hall–Kier alpha value is -2.13.